The molecule has 3 rings (SSSR count). The van der Waals surface area contributed by atoms with Gasteiger partial charge in [0.1, 0.15) is 5.82 Å². The number of carbonyl (C=O) groups excluding carboxylic acids is 1. The lowest BCUT2D eigenvalue weighted by Gasteiger charge is -2.45. The van der Waals surface area contributed by atoms with E-state index in [-0.39, 0.29) is 0 Å². The SMILES string of the molecule is Cc1nn(C)c(N2CCC[C@H]3CCCC[C@H]32)c1C=O. The molecule has 0 unspecified atom stereocenters. The van der Waals surface area contributed by atoms with Crippen LogP contribution >= 0.6 is 0 Å². The Bertz CT molecular complexity index is 478. The molecule has 2 heterocycles. The summed E-state index contributed by atoms with van der Waals surface area (Å²) in [5.74, 6) is 1.86. The number of fused-ring (bicyclic) bond motifs is 1. The van der Waals surface area contributed by atoms with E-state index in [2.05, 4.69) is 10.00 Å². The van der Waals surface area contributed by atoms with Gasteiger partial charge >= 0.3 is 0 Å². The molecule has 1 aromatic rings. The van der Waals surface area contributed by atoms with Gasteiger partial charge in [-0.25, -0.2) is 0 Å². The highest BCUT2D eigenvalue weighted by Gasteiger charge is 2.35. The molecule has 1 saturated heterocycles. The summed E-state index contributed by atoms with van der Waals surface area (Å²) in [5.41, 5.74) is 1.64. The largest absolute Gasteiger partial charge is 0.353 e. The number of piperidine rings is 1. The number of anilines is 1. The Kier molecular flexibility index (Phi) is 3.33. The van der Waals surface area contributed by atoms with Crippen molar-refractivity contribution in [1.29, 1.82) is 0 Å². The minimum Gasteiger partial charge on any atom is -0.353 e. The average molecular weight is 261 g/mol. The van der Waals surface area contributed by atoms with Crippen molar-refractivity contribution in [2.75, 3.05) is 11.4 Å². The van der Waals surface area contributed by atoms with Gasteiger partial charge in [-0.15, -0.1) is 0 Å². The number of aldehydes is 1. The zero-order valence-corrected chi connectivity index (χ0v) is 11.9. The lowest BCUT2D eigenvalue weighted by atomic mass is 9.78. The Morgan fingerprint density at radius 3 is 2.74 bits per heavy atom. The molecule has 0 radical (unpaired) electrons. The molecule has 0 bridgehead atoms. The second-order valence-corrected chi connectivity index (χ2v) is 6.01. The van der Waals surface area contributed by atoms with Crippen molar-refractivity contribution in [3.8, 4) is 0 Å². The number of hydrogen-bond donors (Lipinski definition) is 0. The topological polar surface area (TPSA) is 38.1 Å². The third-order valence-corrected chi connectivity index (χ3v) is 4.87. The Hall–Kier alpha value is -1.32. The van der Waals surface area contributed by atoms with Crippen LogP contribution in [0.5, 0.6) is 0 Å². The summed E-state index contributed by atoms with van der Waals surface area (Å²) in [5, 5.41) is 4.44. The van der Waals surface area contributed by atoms with Crippen LogP contribution in [0, 0.1) is 12.8 Å². The monoisotopic (exact) mass is 261 g/mol. The quantitative estimate of drug-likeness (QED) is 0.768. The Morgan fingerprint density at radius 2 is 1.95 bits per heavy atom. The van der Waals surface area contributed by atoms with E-state index in [4.69, 9.17) is 0 Å². The van der Waals surface area contributed by atoms with Gasteiger partial charge in [-0.2, -0.15) is 5.10 Å². The van der Waals surface area contributed by atoms with Crippen LogP contribution in [0.1, 0.15) is 54.6 Å². The molecule has 4 nitrogen and oxygen atoms in total. The number of rotatable bonds is 2. The molecule has 104 valence electrons. The van der Waals surface area contributed by atoms with E-state index >= 15 is 0 Å². The van der Waals surface area contributed by atoms with Crippen LogP contribution in [0.3, 0.4) is 0 Å². The van der Waals surface area contributed by atoms with Crippen molar-refractivity contribution in [2.24, 2.45) is 13.0 Å². The number of carbonyl (C=O) groups is 1. The van der Waals surface area contributed by atoms with E-state index in [1.165, 1.54) is 38.5 Å². The average Bonchev–Trinajstić information content (AvgIpc) is 2.72. The Balaban J connectivity index is 1.98. The van der Waals surface area contributed by atoms with E-state index in [9.17, 15) is 4.79 Å². The predicted molar refractivity (Wildman–Crippen MR) is 75.7 cm³/mol. The second-order valence-electron chi connectivity index (χ2n) is 6.01. The first kappa shape index (κ1) is 12.7. The Labute approximate surface area is 114 Å². The maximum atomic E-state index is 11.4. The molecule has 19 heavy (non-hydrogen) atoms. The standard InChI is InChI=1S/C15H23N3O/c1-11-13(10-19)15(17(2)16-11)18-9-5-7-12-6-3-4-8-14(12)18/h10,12,14H,3-9H2,1-2H3/t12-,14-/m1/s1. The highest BCUT2D eigenvalue weighted by molar-refractivity contribution is 5.85. The van der Waals surface area contributed by atoms with Gasteiger partial charge < -0.3 is 4.90 Å². The fourth-order valence-electron chi connectivity index (χ4n) is 4.03. The van der Waals surface area contributed by atoms with Gasteiger partial charge in [0.15, 0.2) is 6.29 Å². The van der Waals surface area contributed by atoms with Crippen LogP contribution in [0.15, 0.2) is 0 Å². The molecule has 2 atom stereocenters. The number of aromatic nitrogens is 2. The number of hydrogen-bond acceptors (Lipinski definition) is 3. The molecule has 0 spiro atoms. The van der Waals surface area contributed by atoms with Crippen molar-refractivity contribution < 1.29 is 4.79 Å². The third-order valence-electron chi connectivity index (χ3n) is 4.87. The molecule has 1 aliphatic heterocycles. The van der Waals surface area contributed by atoms with Crippen molar-refractivity contribution in [2.45, 2.75) is 51.5 Å². The number of aryl methyl sites for hydroxylation is 2. The summed E-state index contributed by atoms with van der Waals surface area (Å²) < 4.78 is 1.90. The fraction of sp³-hybridized carbons (Fsp3) is 0.733. The van der Waals surface area contributed by atoms with E-state index in [1.54, 1.807) is 0 Å². The van der Waals surface area contributed by atoms with Gasteiger partial charge in [0.2, 0.25) is 0 Å². The van der Waals surface area contributed by atoms with Crippen molar-refractivity contribution in [1.82, 2.24) is 9.78 Å². The second kappa shape index (κ2) is 4.99. The van der Waals surface area contributed by atoms with Crippen LogP contribution in [0.4, 0.5) is 5.82 Å². The van der Waals surface area contributed by atoms with E-state index in [1.807, 2.05) is 18.7 Å². The molecule has 0 N–H and O–H groups in total. The molecular formula is C15H23N3O. The molecule has 1 aliphatic carbocycles. The van der Waals surface area contributed by atoms with Crippen molar-refractivity contribution >= 4 is 12.1 Å². The summed E-state index contributed by atoms with van der Waals surface area (Å²) in [6.45, 7) is 3.00. The molecule has 4 heteroatoms. The first-order valence-corrected chi connectivity index (χ1v) is 7.47. The molecule has 1 aromatic heterocycles. The van der Waals surface area contributed by atoms with Gasteiger partial charge in [-0.1, -0.05) is 12.8 Å². The van der Waals surface area contributed by atoms with Crippen LogP contribution < -0.4 is 4.90 Å². The van der Waals surface area contributed by atoms with Crippen LogP contribution in [0.25, 0.3) is 0 Å². The highest BCUT2D eigenvalue weighted by Crippen LogP contribution is 2.38. The summed E-state index contributed by atoms with van der Waals surface area (Å²) in [4.78, 5) is 13.9. The summed E-state index contributed by atoms with van der Waals surface area (Å²) >= 11 is 0. The minimum absolute atomic E-state index is 0.621. The van der Waals surface area contributed by atoms with E-state index in [0.717, 1.165) is 35.8 Å². The molecule has 2 fully saturated rings. The van der Waals surface area contributed by atoms with Gasteiger partial charge in [-0.05, 0) is 38.5 Å². The Morgan fingerprint density at radius 1 is 1.21 bits per heavy atom. The first-order chi connectivity index (χ1) is 9.22. The fourth-order valence-corrected chi connectivity index (χ4v) is 4.03. The minimum atomic E-state index is 0.621. The molecule has 0 aromatic carbocycles. The van der Waals surface area contributed by atoms with E-state index < -0.39 is 0 Å². The first-order valence-electron chi connectivity index (χ1n) is 7.47. The van der Waals surface area contributed by atoms with Gasteiger partial charge in [0, 0.05) is 19.6 Å². The lowest BCUT2D eigenvalue weighted by molar-refractivity contribution is 0.112. The molecule has 0 amide bonds. The summed E-state index contributed by atoms with van der Waals surface area (Å²) in [6.07, 6.45) is 8.90. The molecular weight excluding hydrogens is 238 g/mol. The van der Waals surface area contributed by atoms with E-state index in [0.29, 0.717) is 6.04 Å². The smallest absolute Gasteiger partial charge is 0.155 e. The lowest BCUT2D eigenvalue weighted by Crippen LogP contribution is -2.48. The van der Waals surface area contributed by atoms with Crippen LogP contribution in [-0.4, -0.2) is 28.7 Å². The zero-order chi connectivity index (χ0) is 13.4. The van der Waals surface area contributed by atoms with Gasteiger partial charge in [0.05, 0.1) is 11.3 Å². The zero-order valence-electron chi connectivity index (χ0n) is 11.9. The third kappa shape index (κ3) is 2.07. The maximum absolute atomic E-state index is 11.4. The van der Waals surface area contributed by atoms with Crippen LogP contribution in [0.2, 0.25) is 0 Å². The van der Waals surface area contributed by atoms with Gasteiger partial charge in [0.25, 0.3) is 0 Å². The summed E-state index contributed by atoms with van der Waals surface area (Å²) in [6, 6.07) is 0.621. The normalized spacial score (nSPS) is 27.2. The number of nitrogens with zero attached hydrogens (tertiary/aromatic N) is 3. The van der Waals surface area contributed by atoms with Gasteiger partial charge in [-0.3, -0.25) is 9.48 Å². The summed E-state index contributed by atoms with van der Waals surface area (Å²) in [7, 11) is 1.96. The highest BCUT2D eigenvalue weighted by atomic mass is 16.1. The van der Waals surface area contributed by atoms with Crippen LogP contribution in [-0.2, 0) is 7.05 Å². The molecule has 1 saturated carbocycles. The predicted octanol–water partition coefficient (Wildman–Crippen LogP) is 2.70. The molecule has 2 aliphatic rings. The van der Waals surface area contributed by atoms with Crippen molar-refractivity contribution in [3.63, 3.8) is 0 Å². The van der Waals surface area contributed by atoms with Crippen molar-refractivity contribution in [3.05, 3.63) is 11.3 Å². The maximum Gasteiger partial charge on any atom is 0.155 e.